The number of hydrogen-bond donors (Lipinski definition) is 1. The van der Waals surface area contributed by atoms with E-state index in [1.54, 1.807) is 0 Å². The summed E-state index contributed by atoms with van der Waals surface area (Å²) in [5.74, 6) is 0. The quantitative estimate of drug-likeness (QED) is 0.781. The Balaban J connectivity index is 2.63. The summed E-state index contributed by atoms with van der Waals surface area (Å²) in [6, 6.07) is 1.43. The topological polar surface area (TPSA) is 15.3 Å². The summed E-state index contributed by atoms with van der Waals surface area (Å²) < 4.78 is 0. The molecule has 1 saturated heterocycles. The van der Waals surface area contributed by atoms with Crippen LogP contribution < -0.4 is 5.32 Å². The molecule has 2 atom stereocenters. The van der Waals surface area contributed by atoms with E-state index in [1.807, 2.05) is 0 Å². The van der Waals surface area contributed by atoms with E-state index in [0.717, 1.165) is 12.6 Å². The van der Waals surface area contributed by atoms with E-state index in [2.05, 4.69) is 44.8 Å². The zero-order valence-corrected chi connectivity index (χ0v) is 14.0. The Kier molecular flexibility index (Phi) is 7.38. The van der Waals surface area contributed by atoms with Crippen LogP contribution in [-0.4, -0.2) is 36.6 Å². The van der Waals surface area contributed by atoms with E-state index >= 15 is 0 Å². The molecule has 2 heteroatoms. The zero-order valence-electron chi connectivity index (χ0n) is 14.0. The molecule has 1 N–H and O–H groups in total. The molecule has 2 unspecified atom stereocenters. The summed E-state index contributed by atoms with van der Waals surface area (Å²) in [4.78, 5) is 2.77. The lowest BCUT2D eigenvalue weighted by atomic mass is 9.86. The van der Waals surface area contributed by atoms with Crippen LogP contribution in [0.15, 0.2) is 0 Å². The summed E-state index contributed by atoms with van der Waals surface area (Å²) in [7, 11) is 0. The molecule has 2 nitrogen and oxygen atoms in total. The van der Waals surface area contributed by atoms with Gasteiger partial charge in [0.15, 0.2) is 0 Å². The van der Waals surface area contributed by atoms with Crippen LogP contribution in [0.5, 0.6) is 0 Å². The first-order valence-electron chi connectivity index (χ1n) is 8.46. The summed E-state index contributed by atoms with van der Waals surface area (Å²) in [6.45, 7) is 15.4. The van der Waals surface area contributed by atoms with Crippen LogP contribution in [0.25, 0.3) is 0 Å². The number of rotatable bonds is 6. The van der Waals surface area contributed by atoms with Gasteiger partial charge < -0.3 is 5.32 Å². The SMILES string of the molecule is CCCNC(CN1CCCCCC1CC)C(C)(C)C. The Hall–Kier alpha value is -0.0800. The van der Waals surface area contributed by atoms with Gasteiger partial charge in [0, 0.05) is 18.6 Å². The van der Waals surface area contributed by atoms with E-state index in [1.165, 1.54) is 51.6 Å². The lowest BCUT2D eigenvalue weighted by Crippen LogP contribution is -2.51. The van der Waals surface area contributed by atoms with Crippen molar-refractivity contribution >= 4 is 0 Å². The van der Waals surface area contributed by atoms with Crippen LogP contribution in [0.4, 0.5) is 0 Å². The third-order valence-electron chi connectivity index (χ3n) is 4.57. The van der Waals surface area contributed by atoms with Crippen LogP contribution in [0.1, 0.15) is 73.1 Å². The van der Waals surface area contributed by atoms with Gasteiger partial charge in [0.1, 0.15) is 0 Å². The fourth-order valence-corrected chi connectivity index (χ4v) is 3.14. The van der Waals surface area contributed by atoms with Crippen molar-refractivity contribution < 1.29 is 0 Å². The minimum absolute atomic E-state index is 0.347. The smallest absolute Gasteiger partial charge is 0.0243 e. The maximum absolute atomic E-state index is 3.78. The van der Waals surface area contributed by atoms with E-state index in [9.17, 15) is 0 Å². The van der Waals surface area contributed by atoms with E-state index < -0.39 is 0 Å². The van der Waals surface area contributed by atoms with Crippen molar-refractivity contribution in [3.8, 4) is 0 Å². The zero-order chi connectivity index (χ0) is 14.3. The molecule has 1 heterocycles. The lowest BCUT2D eigenvalue weighted by molar-refractivity contribution is 0.132. The molecule has 1 fully saturated rings. The van der Waals surface area contributed by atoms with Crippen LogP contribution in [-0.2, 0) is 0 Å². The van der Waals surface area contributed by atoms with Gasteiger partial charge in [-0.1, -0.05) is 47.5 Å². The fraction of sp³-hybridized carbons (Fsp3) is 1.00. The van der Waals surface area contributed by atoms with Gasteiger partial charge in [0.25, 0.3) is 0 Å². The maximum Gasteiger partial charge on any atom is 0.0243 e. The Labute approximate surface area is 121 Å². The average molecular weight is 268 g/mol. The first-order chi connectivity index (χ1) is 8.99. The van der Waals surface area contributed by atoms with Gasteiger partial charge >= 0.3 is 0 Å². The summed E-state index contributed by atoms with van der Waals surface area (Å²) in [5, 5.41) is 3.78. The highest BCUT2D eigenvalue weighted by Gasteiger charge is 2.29. The molecule has 1 aliphatic heterocycles. The first kappa shape index (κ1) is 17.0. The Bertz CT molecular complexity index is 232. The van der Waals surface area contributed by atoms with Gasteiger partial charge in [0.05, 0.1) is 0 Å². The molecule has 0 radical (unpaired) electrons. The molecule has 0 aliphatic carbocycles. The Morgan fingerprint density at radius 1 is 1.16 bits per heavy atom. The molecule has 1 aliphatic rings. The second kappa shape index (κ2) is 8.26. The molecular formula is C17H36N2. The molecule has 0 saturated carbocycles. The standard InChI is InChI=1S/C17H36N2/c1-6-12-18-16(17(3,4)5)14-19-13-10-8-9-11-15(19)7-2/h15-16,18H,6-14H2,1-5H3. The predicted molar refractivity (Wildman–Crippen MR) is 85.7 cm³/mol. The van der Waals surface area contributed by atoms with Crippen LogP contribution in [0.2, 0.25) is 0 Å². The first-order valence-corrected chi connectivity index (χ1v) is 8.46. The second-order valence-electron chi connectivity index (χ2n) is 7.28. The Morgan fingerprint density at radius 2 is 1.89 bits per heavy atom. The van der Waals surface area contributed by atoms with Gasteiger partial charge in [-0.2, -0.15) is 0 Å². The van der Waals surface area contributed by atoms with E-state index in [-0.39, 0.29) is 0 Å². The molecule has 0 aromatic heterocycles. The number of hydrogen-bond acceptors (Lipinski definition) is 2. The monoisotopic (exact) mass is 268 g/mol. The highest BCUT2D eigenvalue weighted by Crippen LogP contribution is 2.24. The number of likely N-dealkylation sites (tertiary alicyclic amines) is 1. The summed E-state index contributed by atoms with van der Waals surface area (Å²) in [5.41, 5.74) is 0.347. The molecule has 0 spiro atoms. The molecular weight excluding hydrogens is 232 g/mol. The molecule has 19 heavy (non-hydrogen) atoms. The third-order valence-corrected chi connectivity index (χ3v) is 4.57. The second-order valence-corrected chi connectivity index (χ2v) is 7.28. The van der Waals surface area contributed by atoms with Crippen molar-refractivity contribution in [1.29, 1.82) is 0 Å². The van der Waals surface area contributed by atoms with Gasteiger partial charge in [-0.3, -0.25) is 4.90 Å². The van der Waals surface area contributed by atoms with E-state index in [0.29, 0.717) is 11.5 Å². The van der Waals surface area contributed by atoms with Gasteiger partial charge in [-0.15, -0.1) is 0 Å². The minimum atomic E-state index is 0.347. The minimum Gasteiger partial charge on any atom is -0.312 e. The number of nitrogens with one attached hydrogen (secondary N) is 1. The van der Waals surface area contributed by atoms with Crippen molar-refractivity contribution in [3.05, 3.63) is 0 Å². The average Bonchev–Trinajstić information content (AvgIpc) is 2.57. The molecule has 0 aromatic rings. The predicted octanol–water partition coefficient (Wildman–Crippen LogP) is 4.06. The van der Waals surface area contributed by atoms with Crippen LogP contribution in [0.3, 0.4) is 0 Å². The largest absolute Gasteiger partial charge is 0.312 e. The molecule has 1 rings (SSSR count). The molecule has 0 aromatic carbocycles. The van der Waals surface area contributed by atoms with Crippen molar-refractivity contribution in [1.82, 2.24) is 10.2 Å². The highest BCUT2D eigenvalue weighted by atomic mass is 15.2. The van der Waals surface area contributed by atoms with Gasteiger partial charge in [-0.05, 0) is 44.2 Å². The van der Waals surface area contributed by atoms with Crippen molar-refractivity contribution in [2.24, 2.45) is 5.41 Å². The summed E-state index contributed by atoms with van der Waals surface area (Å²) >= 11 is 0. The third kappa shape index (κ3) is 5.83. The van der Waals surface area contributed by atoms with Crippen LogP contribution in [0, 0.1) is 5.41 Å². The van der Waals surface area contributed by atoms with Crippen molar-refractivity contribution in [3.63, 3.8) is 0 Å². The molecule has 114 valence electrons. The van der Waals surface area contributed by atoms with Gasteiger partial charge in [0.2, 0.25) is 0 Å². The summed E-state index contributed by atoms with van der Waals surface area (Å²) in [6.07, 6.45) is 8.18. The van der Waals surface area contributed by atoms with Gasteiger partial charge in [-0.25, -0.2) is 0 Å². The fourth-order valence-electron chi connectivity index (χ4n) is 3.14. The highest BCUT2D eigenvalue weighted by molar-refractivity contribution is 4.86. The van der Waals surface area contributed by atoms with Crippen molar-refractivity contribution in [2.45, 2.75) is 85.2 Å². The maximum atomic E-state index is 3.78. The van der Waals surface area contributed by atoms with Crippen molar-refractivity contribution in [2.75, 3.05) is 19.6 Å². The molecule has 0 amide bonds. The van der Waals surface area contributed by atoms with Crippen LogP contribution >= 0.6 is 0 Å². The Morgan fingerprint density at radius 3 is 2.47 bits per heavy atom. The number of nitrogens with zero attached hydrogens (tertiary/aromatic N) is 1. The molecule has 0 bridgehead atoms. The normalized spacial score (nSPS) is 24.2. The lowest BCUT2D eigenvalue weighted by Gasteiger charge is -2.39. The van der Waals surface area contributed by atoms with E-state index in [4.69, 9.17) is 0 Å².